The molecule has 3 rings (SSSR count). The number of nitrogens with zero attached hydrogens (tertiary/aromatic N) is 1. The van der Waals surface area contributed by atoms with Crippen LogP contribution in [0.1, 0.15) is 5.56 Å². The van der Waals surface area contributed by atoms with Crippen LogP contribution in [0.2, 0.25) is 0 Å². The minimum Gasteiger partial charge on any atom is -0.493 e. The third-order valence-electron chi connectivity index (χ3n) is 4.03. The second kappa shape index (κ2) is 8.96. The van der Waals surface area contributed by atoms with Crippen LogP contribution in [0.4, 0.5) is 14.9 Å². The molecule has 0 radical (unpaired) electrons. The molecule has 0 saturated carbocycles. The maximum atomic E-state index is 13.6. The lowest BCUT2D eigenvalue weighted by Gasteiger charge is -2.26. The molecule has 9 heteroatoms. The number of amides is 4. The van der Waals surface area contributed by atoms with Crippen molar-refractivity contribution in [1.82, 2.24) is 5.32 Å². The van der Waals surface area contributed by atoms with E-state index in [4.69, 9.17) is 15.9 Å². The van der Waals surface area contributed by atoms with Gasteiger partial charge in [0.15, 0.2) is 11.5 Å². The van der Waals surface area contributed by atoms with Gasteiger partial charge in [-0.2, -0.15) is 0 Å². The maximum absolute atomic E-state index is 13.6. The fourth-order valence-corrected chi connectivity index (χ4v) is 3.53. The monoisotopic (exact) mass is 520 g/mol. The number of halogens is 2. The first-order chi connectivity index (χ1) is 14.3. The molecule has 1 N–H and O–H groups in total. The van der Waals surface area contributed by atoms with Gasteiger partial charge in [0.1, 0.15) is 18.0 Å². The number of hydrogen-bond donors (Lipinski definition) is 1. The number of methoxy groups -OCH3 is 1. The molecule has 0 unspecified atom stereocenters. The molecule has 1 aliphatic rings. The van der Waals surface area contributed by atoms with Crippen LogP contribution >= 0.6 is 22.6 Å². The summed E-state index contributed by atoms with van der Waals surface area (Å²) in [5.41, 5.74) is 0.159. The predicted octanol–water partition coefficient (Wildman–Crippen LogP) is 3.12. The van der Waals surface area contributed by atoms with E-state index in [-0.39, 0.29) is 17.9 Å². The summed E-state index contributed by atoms with van der Waals surface area (Å²) in [6.45, 7) is 0.0401. The van der Waals surface area contributed by atoms with E-state index in [0.29, 0.717) is 25.5 Å². The Kier molecular flexibility index (Phi) is 6.37. The van der Waals surface area contributed by atoms with E-state index >= 15 is 0 Å². The van der Waals surface area contributed by atoms with Crippen LogP contribution in [0.5, 0.6) is 11.5 Å². The molecule has 1 saturated heterocycles. The molecule has 7 nitrogen and oxygen atoms in total. The largest absolute Gasteiger partial charge is 0.493 e. The third-order valence-corrected chi connectivity index (χ3v) is 4.83. The third kappa shape index (κ3) is 4.28. The molecule has 1 heterocycles. The van der Waals surface area contributed by atoms with Crippen LogP contribution in [0.25, 0.3) is 6.08 Å². The molecule has 152 valence electrons. The highest BCUT2D eigenvalue weighted by Gasteiger charge is 2.37. The number of hydrogen-bond acceptors (Lipinski definition) is 5. The molecule has 1 aliphatic heterocycles. The summed E-state index contributed by atoms with van der Waals surface area (Å²) in [4.78, 5) is 38.1. The van der Waals surface area contributed by atoms with Gasteiger partial charge in [0.05, 0.1) is 16.4 Å². The minimum atomic E-state index is -0.960. The van der Waals surface area contributed by atoms with Crippen LogP contribution in [0.15, 0.2) is 42.0 Å². The van der Waals surface area contributed by atoms with Crippen molar-refractivity contribution >= 4 is 52.2 Å². The Morgan fingerprint density at radius 3 is 2.70 bits per heavy atom. The number of rotatable bonds is 5. The predicted molar refractivity (Wildman–Crippen MR) is 115 cm³/mol. The van der Waals surface area contributed by atoms with Gasteiger partial charge < -0.3 is 9.47 Å². The van der Waals surface area contributed by atoms with Gasteiger partial charge in [-0.3, -0.25) is 14.9 Å². The fraction of sp³-hybridized carbons (Fsp3) is 0.0952. The molecule has 0 atom stereocenters. The molecule has 0 spiro atoms. The summed E-state index contributed by atoms with van der Waals surface area (Å²) in [5, 5.41) is 2.09. The zero-order chi connectivity index (χ0) is 21.8. The summed E-state index contributed by atoms with van der Waals surface area (Å²) in [6, 6.07) is 7.20. The zero-order valence-electron chi connectivity index (χ0n) is 15.6. The lowest BCUT2D eigenvalue weighted by molar-refractivity contribution is -0.122. The second-order valence-corrected chi connectivity index (χ2v) is 7.13. The van der Waals surface area contributed by atoms with Crippen molar-refractivity contribution in [1.29, 1.82) is 0 Å². The first-order valence-corrected chi connectivity index (χ1v) is 9.54. The zero-order valence-corrected chi connectivity index (χ0v) is 17.7. The van der Waals surface area contributed by atoms with Crippen molar-refractivity contribution in [3.8, 4) is 23.8 Å². The Morgan fingerprint density at radius 2 is 2.03 bits per heavy atom. The summed E-state index contributed by atoms with van der Waals surface area (Å²) >= 11 is 2.01. The standard InChI is InChI=1S/C21H14FIN2O5/c1-3-7-30-18-16(23)9-12(10-17(18)29-2)8-15-19(26)24-21(28)25(20(15)27)14-6-4-5-13(22)11-14/h1,4-6,8-11H,7H2,2H3,(H,24,26,28)/b15-8+. The molecule has 0 bridgehead atoms. The number of barbiturate groups is 1. The van der Waals surface area contributed by atoms with E-state index in [0.717, 1.165) is 6.07 Å². The van der Waals surface area contributed by atoms with E-state index in [1.54, 1.807) is 12.1 Å². The van der Waals surface area contributed by atoms with E-state index in [1.807, 2.05) is 22.6 Å². The minimum absolute atomic E-state index is 0.00101. The average molecular weight is 520 g/mol. The normalized spacial score (nSPS) is 15.1. The smallest absolute Gasteiger partial charge is 0.335 e. The number of ether oxygens (including phenoxy) is 2. The van der Waals surface area contributed by atoms with Crippen LogP contribution in [0.3, 0.4) is 0 Å². The Hall–Kier alpha value is -3.39. The first kappa shape index (κ1) is 21.3. The van der Waals surface area contributed by atoms with Crippen molar-refractivity contribution in [3.05, 3.63) is 56.9 Å². The highest BCUT2D eigenvalue weighted by Crippen LogP contribution is 2.35. The van der Waals surface area contributed by atoms with Gasteiger partial charge in [-0.05, 0) is 64.6 Å². The Balaban J connectivity index is 2.02. The van der Waals surface area contributed by atoms with Crippen LogP contribution in [-0.2, 0) is 9.59 Å². The van der Waals surface area contributed by atoms with E-state index in [2.05, 4.69) is 11.2 Å². The fourth-order valence-electron chi connectivity index (χ4n) is 2.75. The summed E-state index contributed by atoms with van der Waals surface area (Å²) in [7, 11) is 1.44. The summed E-state index contributed by atoms with van der Waals surface area (Å²) in [5.74, 6) is 0.770. The lowest BCUT2D eigenvalue weighted by Crippen LogP contribution is -2.54. The van der Waals surface area contributed by atoms with Gasteiger partial charge in [0.2, 0.25) is 0 Å². The molecule has 30 heavy (non-hydrogen) atoms. The molecule has 2 aromatic rings. The first-order valence-electron chi connectivity index (χ1n) is 8.46. The Morgan fingerprint density at radius 1 is 1.27 bits per heavy atom. The van der Waals surface area contributed by atoms with Gasteiger partial charge in [0.25, 0.3) is 11.8 Å². The highest BCUT2D eigenvalue weighted by atomic mass is 127. The molecule has 2 aromatic carbocycles. The topological polar surface area (TPSA) is 84.9 Å². The van der Waals surface area contributed by atoms with E-state index in [1.165, 1.54) is 31.4 Å². The van der Waals surface area contributed by atoms with Gasteiger partial charge in [-0.1, -0.05) is 12.0 Å². The summed E-state index contributed by atoms with van der Waals surface area (Å²) in [6.07, 6.45) is 6.53. The van der Waals surface area contributed by atoms with Crippen molar-refractivity contribution in [3.63, 3.8) is 0 Å². The van der Waals surface area contributed by atoms with E-state index in [9.17, 15) is 18.8 Å². The van der Waals surface area contributed by atoms with Gasteiger partial charge in [-0.25, -0.2) is 14.1 Å². The number of benzene rings is 2. The number of anilines is 1. The van der Waals surface area contributed by atoms with Crippen LogP contribution < -0.4 is 19.7 Å². The molecule has 1 fully saturated rings. The summed E-state index contributed by atoms with van der Waals surface area (Å²) < 4.78 is 25.0. The molecular weight excluding hydrogens is 506 g/mol. The number of carbonyl (C=O) groups is 3. The molecule has 4 amide bonds. The van der Waals surface area contributed by atoms with Crippen LogP contribution in [0, 0.1) is 21.7 Å². The van der Waals surface area contributed by atoms with Gasteiger partial charge in [0, 0.05) is 0 Å². The SMILES string of the molecule is C#CCOc1c(I)cc(/C=C2\C(=O)NC(=O)N(c3cccc(F)c3)C2=O)cc1OC. The van der Waals surface area contributed by atoms with Gasteiger partial charge >= 0.3 is 6.03 Å². The molecule has 0 aliphatic carbocycles. The number of urea groups is 1. The average Bonchev–Trinajstić information content (AvgIpc) is 2.70. The number of imide groups is 2. The molecular formula is C21H14FIN2O5. The van der Waals surface area contributed by atoms with Crippen molar-refractivity contribution in [2.75, 3.05) is 18.6 Å². The number of carbonyl (C=O) groups excluding carboxylic acids is 3. The maximum Gasteiger partial charge on any atom is 0.335 e. The van der Waals surface area contributed by atoms with Crippen molar-refractivity contribution < 1.29 is 28.2 Å². The second-order valence-electron chi connectivity index (χ2n) is 5.96. The Labute approximate surface area is 185 Å². The number of terminal acetylenes is 1. The van der Waals surface area contributed by atoms with Crippen LogP contribution in [-0.4, -0.2) is 31.6 Å². The molecule has 0 aromatic heterocycles. The highest BCUT2D eigenvalue weighted by molar-refractivity contribution is 14.1. The van der Waals surface area contributed by atoms with E-state index < -0.39 is 23.7 Å². The van der Waals surface area contributed by atoms with Gasteiger partial charge in [-0.15, -0.1) is 6.42 Å². The van der Waals surface area contributed by atoms with Crippen molar-refractivity contribution in [2.45, 2.75) is 0 Å². The quantitative estimate of drug-likeness (QED) is 0.284. The Bertz CT molecular complexity index is 1120. The lowest BCUT2D eigenvalue weighted by atomic mass is 10.1. The number of nitrogens with one attached hydrogen (secondary N) is 1. The van der Waals surface area contributed by atoms with Crippen molar-refractivity contribution in [2.24, 2.45) is 0 Å².